The van der Waals surface area contributed by atoms with Crippen LogP contribution in [0.4, 0.5) is 4.39 Å². The summed E-state index contributed by atoms with van der Waals surface area (Å²) in [5, 5.41) is 13.8. The van der Waals surface area contributed by atoms with Gasteiger partial charge in [0.1, 0.15) is 11.5 Å². The van der Waals surface area contributed by atoms with Crippen LogP contribution in [0, 0.1) is 5.82 Å². The zero-order chi connectivity index (χ0) is 20.7. The van der Waals surface area contributed by atoms with E-state index in [2.05, 4.69) is 5.10 Å². The second-order valence-electron chi connectivity index (χ2n) is 6.18. The molecule has 0 aliphatic heterocycles. The minimum atomic E-state index is -1.08. The zero-order valence-corrected chi connectivity index (χ0v) is 16.1. The van der Waals surface area contributed by atoms with Crippen molar-refractivity contribution in [2.24, 2.45) is 0 Å². The highest BCUT2D eigenvalue weighted by molar-refractivity contribution is 6.40. The van der Waals surface area contributed by atoms with Crippen LogP contribution >= 0.6 is 23.2 Å². The topological polar surface area (TPSA) is 72.2 Å². The first-order chi connectivity index (χ1) is 13.9. The molecule has 1 aromatic heterocycles. The normalized spacial score (nSPS) is 11.0. The smallest absolute Gasteiger partial charge is 0.335 e. The van der Waals surface area contributed by atoms with Crippen LogP contribution in [-0.2, 0) is 0 Å². The van der Waals surface area contributed by atoms with Crippen molar-refractivity contribution in [2.75, 3.05) is 0 Å². The molecule has 144 valence electrons. The number of carboxylic acid groups (broad SMARTS) is 1. The molecule has 3 aromatic carbocycles. The number of carbonyl (C=O) groups excluding carboxylic acids is 1. The molecule has 0 bridgehead atoms. The number of nitrogens with zero attached hydrogens (tertiary/aromatic N) is 2. The molecule has 0 radical (unpaired) electrons. The van der Waals surface area contributed by atoms with E-state index in [0.717, 1.165) is 4.68 Å². The molecule has 0 aliphatic rings. The third kappa shape index (κ3) is 3.26. The van der Waals surface area contributed by atoms with Gasteiger partial charge in [-0.25, -0.2) is 9.18 Å². The molecule has 0 saturated heterocycles. The number of benzene rings is 3. The van der Waals surface area contributed by atoms with E-state index in [1.807, 2.05) is 0 Å². The Hall–Kier alpha value is -3.22. The van der Waals surface area contributed by atoms with Crippen LogP contribution in [0.15, 0.2) is 60.7 Å². The average molecular weight is 429 g/mol. The zero-order valence-electron chi connectivity index (χ0n) is 14.6. The predicted molar refractivity (Wildman–Crippen MR) is 108 cm³/mol. The van der Waals surface area contributed by atoms with Crippen LogP contribution in [0.5, 0.6) is 0 Å². The van der Waals surface area contributed by atoms with Gasteiger partial charge in [0.15, 0.2) is 0 Å². The Bertz CT molecular complexity index is 1260. The van der Waals surface area contributed by atoms with E-state index in [9.17, 15) is 14.0 Å². The van der Waals surface area contributed by atoms with E-state index in [1.165, 1.54) is 48.5 Å². The van der Waals surface area contributed by atoms with E-state index in [0.29, 0.717) is 5.56 Å². The molecular formula is C21H11Cl2FN2O3. The number of hydrogen-bond donors (Lipinski definition) is 1. The Morgan fingerprint density at radius 2 is 1.55 bits per heavy atom. The van der Waals surface area contributed by atoms with Crippen LogP contribution < -0.4 is 0 Å². The van der Waals surface area contributed by atoms with Crippen molar-refractivity contribution in [1.29, 1.82) is 0 Å². The summed E-state index contributed by atoms with van der Waals surface area (Å²) in [6.45, 7) is 0. The number of rotatable bonds is 3. The first-order valence-corrected chi connectivity index (χ1v) is 9.13. The van der Waals surface area contributed by atoms with Gasteiger partial charge in [-0.05, 0) is 36.4 Å². The molecule has 5 nitrogen and oxygen atoms in total. The first-order valence-electron chi connectivity index (χ1n) is 8.38. The van der Waals surface area contributed by atoms with Gasteiger partial charge < -0.3 is 5.11 Å². The largest absolute Gasteiger partial charge is 0.478 e. The molecule has 1 heterocycles. The fourth-order valence-electron chi connectivity index (χ4n) is 3.06. The fraction of sp³-hybridized carbons (Fsp3) is 0. The summed E-state index contributed by atoms with van der Waals surface area (Å²) in [6, 6.07) is 14.7. The van der Waals surface area contributed by atoms with Gasteiger partial charge in [0.2, 0.25) is 0 Å². The summed E-state index contributed by atoms with van der Waals surface area (Å²) >= 11 is 12.3. The van der Waals surface area contributed by atoms with E-state index >= 15 is 0 Å². The summed E-state index contributed by atoms with van der Waals surface area (Å²) in [7, 11) is 0. The van der Waals surface area contributed by atoms with Crippen molar-refractivity contribution in [2.45, 2.75) is 0 Å². The van der Waals surface area contributed by atoms with Crippen LogP contribution in [-0.4, -0.2) is 26.8 Å². The molecule has 0 saturated carbocycles. The summed E-state index contributed by atoms with van der Waals surface area (Å²) < 4.78 is 15.7. The number of halogens is 3. The SMILES string of the molecule is O=C(O)c1ccc(-c2nn(C(=O)c3c(Cl)cccc3Cl)c3cccc(F)c23)cc1. The van der Waals surface area contributed by atoms with Crippen molar-refractivity contribution in [3.8, 4) is 11.3 Å². The van der Waals surface area contributed by atoms with Crippen LogP contribution in [0.1, 0.15) is 20.7 Å². The maximum absolute atomic E-state index is 14.7. The van der Waals surface area contributed by atoms with Gasteiger partial charge in [-0.15, -0.1) is 0 Å². The second kappa shape index (κ2) is 7.31. The third-order valence-corrected chi connectivity index (χ3v) is 5.06. The van der Waals surface area contributed by atoms with Gasteiger partial charge in [0.05, 0.1) is 32.1 Å². The lowest BCUT2D eigenvalue weighted by molar-refractivity contribution is 0.0696. The molecule has 8 heteroatoms. The Labute approximate surface area is 173 Å². The molecule has 0 atom stereocenters. The van der Waals surface area contributed by atoms with Gasteiger partial charge in [0, 0.05) is 5.56 Å². The van der Waals surface area contributed by atoms with E-state index in [-0.39, 0.29) is 37.8 Å². The standard InChI is InChI=1S/C21H11Cl2FN2O3/c22-13-3-1-4-14(23)17(13)20(27)26-16-6-2-5-15(24)18(16)19(25-26)11-7-9-12(10-8-11)21(28)29/h1-10H,(H,28,29). The molecule has 0 aliphatic carbocycles. The quantitative estimate of drug-likeness (QED) is 0.465. The van der Waals surface area contributed by atoms with Crippen LogP contribution in [0.25, 0.3) is 22.2 Å². The summed E-state index contributed by atoms with van der Waals surface area (Å²) in [5.74, 6) is -2.25. The number of aromatic carboxylic acids is 1. The monoisotopic (exact) mass is 428 g/mol. The Balaban J connectivity index is 1.94. The van der Waals surface area contributed by atoms with E-state index < -0.39 is 17.7 Å². The maximum Gasteiger partial charge on any atom is 0.335 e. The molecule has 1 N–H and O–H groups in total. The minimum absolute atomic E-state index is 0.0530. The lowest BCUT2D eigenvalue weighted by atomic mass is 10.1. The molecule has 4 rings (SSSR count). The van der Waals surface area contributed by atoms with Crippen LogP contribution in [0.2, 0.25) is 10.0 Å². The van der Waals surface area contributed by atoms with Crippen molar-refractivity contribution in [3.63, 3.8) is 0 Å². The van der Waals surface area contributed by atoms with Gasteiger partial charge in [-0.2, -0.15) is 9.78 Å². The molecule has 4 aromatic rings. The van der Waals surface area contributed by atoms with E-state index in [4.69, 9.17) is 28.3 Å². The number of carboxylic acids is 1. The molecule has 0 fully saturated rings. The minimum Gasteiger partial charge on any atom is -0.478 e. The number of aromatic nitrogens is 2. The van der Waals surface area contributed by atoms with Crippen molar-refractivity contribution >= 4 is 46.0 Å². The highest BCUT2D eigenvalue weighted by Gasteiger charge is 2.23. The molecule has 29 heavy (non-hydrogen) atoms. The summed E-state index contributed by atoms with van der Waals surface area (Å²) in [5.41, 5.74) is 1.03. The lowest BCUT2D eigenvalue weighted by Crippen LogP contribution is -2.14. The van der Waals surface area contributed by atoms with Crippen LogP contribution in [0.3, 0.4) is 0 Å². The lowest BCUT2D eigenvalue weighted by Gasteiger charge is -2.06. The number of hydrogen-bond acceptors (Lipinski definition) is 3. The number of fused-ring (bicyclic) bond motifs is 1. The molecule has 0 amide bonds. The highest BCUT2D eigenvalue weighted by atomic mass is 35.5. The fourth-order valence-corrected chi connectivity index (χ4v) is 3.62. The third-order valence-electron chi connectivity index (χ3n) is 4.43. The second-order valence-corrected chi connectivity index (χ2v) is 6.99. The van der Waals surface area contributed by atoms with Crippen molar-refractivity contribution in [1.82, 2.24) is 9.78 Å². The van der Waals surface area contributed by atoms with Crippen molar-refractivity contribution in [3.05, 3.63) is 87.7 Å². The average Bonchev–Trinajstić information content (AvgIpc) is 3.09. The molecule has 0 spiro atoms. The Morgan fingerprint density at radius 3 is 2.17 bits per heavy atom. The highest BCUT2D eigenvalue weighted by Crippen LogP contribution is 2.32. The van der Waals surface area contributed by atoms with E-state index in [1.54, 1.807) is 12.1 Å². The van der Waals surface area contributed by atoms with Gasteiger partial charge in [-0.1, -0.05) is 47.5 Å². The number of carbonyl (C=O) groups is 2. The van der Waals surface area contributed by atoms with Gasteiger partial charge in [-0.3, -0.25) is 4.79 Å². The summed E-state index contributed by atoms with van der Waals surface area (Å²) in [4.78, 5) is 24.2. The molecular weight excluding hydrogens is 418 g/mol. The van der Waals surface area contributed by atoms with Gasteiger partial charge in [0.25, 0.3) is 5.91 Å². The van der Waals surface area contributed by atoms with Gasteiger partial charge >= 0.3 is 5.97 Å². The maximum atomic E-state index is 14.7. The first kappa shape index (κ1) is 19.1. The summed E-state index contributed by atoms with van der Waals surface area (Å²) in [6.07, 6.45) is 0. The Morgan fingerprint density at radius 1 is 0.931 bits per heavy atom. The Kier molecular flexibility index (Phi) is 4.82. The molecule has 0 unspecified atom stereocenters. The predicted octanol–water partition coefficient (Wildman–Crippen LogP) is 5.54. The van der Waals surface area contributed by atoms with Crippen molar-refractivity contribution < 1.29 is 19.1 Å².